The van der Waals surface area contributed by atoms with Crippen LogP contribution in [0, 0.1) is 6.92 Å². The van der Waals surface area contributed by atoms with Crippen LogP contribution in [-0.2, 0) is 26.2 Å². The number of aryl methyl sites for hydroxylation is 1. The van der Waals surface area contributed by atoms with Crippen LogP contribution >= 0.6 is 11.6 Å². The van der Waals surface area contributed by atoms with Crippen LogP contribution in [0.4, 0.5) is 5.69 Å². The Bertz CT molecular complexity index is 1410. The molecule has 0 heterocycles. The summed E-state index contributed by atoms with van der Waals surface area (Å²) in [5.74, 6) is -0.710. The second kappa shape index (κ2) is 13.3. The average Bonchev–Trinajstić information content (AvgIpc) is 3.46. The summed E-state index contributed by atoms with van der Waals surface area (Å²) < 4.78 is 28.8. The van der Waals surface area contributed by atoms with Crippen molar-refractivity contribution in [2.24, 2.45) is 0 Å². The Hall–Kier alpha value is -3.36. The molecule has 4 rings (SSSR count). The molecule has 7 nitrogen and oxygen atoms in total. The van der Waals surface area contributed by atoms with Gasteiger partial charge in [-0.15, -0.1) is 0 Å². The van der Waals surface area contributed by atoms with Crippen molar-refractivity contribution in [1.82, 2.24) is 10.2 Å². The molecule has 1 aliphatic rings. The monoisotopic (exact) mass is 581 g/mol. The number of rotatable bonds is 11. The fraction of sp³-hybridized carbons (Fsp3) is 0.355. The molecule has 3 aromatic carbocycles. The standard InChI is InChI=1S/C31H36ClN3O4S/c1-3-28(31(37)33-25-11-7-8-12-25)34(21-24-19-17-23(2)18-20-24)30(36)22-35(29-16-10-9-15-27(29)32)40(38,39)26-13-5-4-6-14-26/h4-6,9-10,13-20,25,28H,3,7-8,11-12,21-22H2,1-2H3,(H,33,37)/t28-/m1/s1. The van der Waals surface area contributed by atoms with Gasteiger partial charge in [0.1, 0.15) is 12.6 Å². The first-order valence-corrected chi connectivity index (χ1v) is 15.5. The third-order valence-corrected chi connectivity index (χ3v) is 9.39. The Morgan fingerprint density at radius 2 is 1.57 bits per heavy atom. The van der Waals surface area contributed by atoms with Gasteiger partial charge in [0.15, 0.2) is 0 Å². The van der Waals surface area contributed by atoms with E-state index in [9.17, 15) is 18.0 Å². The molecule has 1 N–H and O–H groups in total. The van der Waals surface area contributed by atoms with Gasteiger partial charge in [0.2, 0.25) is 11.8 Å². The Morgan fingerprint density at radius 3 is 2.20 bits per heavy atom. The highest BCUT2D eigenvalue weighted by Crippen LogP contribution is 2.31. The van der Waals surface area contributed by atoms with Gasteiger partial charge < -0.3 is 10.2 Å². The second-order valence-electron chi connectivity index (χ2n) is 10.2. The molecule has 0 bridgehead atoms. The largest absolute Gasteiger partial charge is 0.352 e. The van der Waals surface area contributed by atoms with Gasteiger partial charge in [0.05, 0.1) is 15.6 Å². The molecule has 0 aromatic heterocycles. The van der Waals surface area contributed by atoms with Crippen LogP contribution in [0.15, 0.2) is 83.8 Å². The van der Waals surface area contributed by atoms with Gasteiger partial charge >= 0.3 is 0 Å². The molecule has 1 atom stereocenters. The molecule has 3 aromatic rings. The zero-order chi connectivity index (χ0) is 28.7. The van der Waals surface area contributed by atoms with E-state index in [4.69, 9.17) is 11.6 Å². The van der Waals surface area contributed by atoms with E-state index in [-0.39, 0.29) is 34.1 Å². The maximum atomic E-state index is 14.1. The van der Waals surface area contributed by atoms with Crippen molar-refractivity contribution in [2.45, 2.75) is 69.5 Å². The van der Waals surface area contributed by atoms with Gasteiger partial charge in [-0.25, -0.2) is 8.42 Å². The van der Waals surface area contributed by atoms with Crippen molar-refractivity contribution in [3.63, 3.8) is 0 Å². The fourth-order valence-electron chi connectivity index (χ4n) is 5.06. The Morgan fingerprint density at radius 1 is 0.950 bits per heavy atom. The number of nitrogens with one attached hydrogen (secondary N) is 1. The molecule has 0 unspecified atom stereocenters. The second-order valence-corrected chi connectivity index (χ2v) is 12.5. The summed E-state index contributed by atoms with van der Waals surface area (Å²) in [5, 5.41) is 3.32. The number of carbonyl (C=O) groups excluding carboxylic acids is 2. The van der Waals surface area contributed by atoms with E-state index >= 15 is 0 Å². The molecule has 212 valence electrons. The number of anilines is 1. The maximum absolute atomic E-state index is 14.1. The topological polar surface area (TPSA) is 86.8 Å². The van der Waals surface area contributed by atoms with E-state index < -0.39 is 28.5 Å². The van der Waals surface area contributed by atoms with Crippen LogP contribution in [0.5, 0.6) is 0 Å². The van der Waals surface area contributed by atoms with Crippen LogP contribution in [0.2, 0.25) is 5.02 Å². The predicted octanol–water partition coefficient (Wildman–Crippen LogP) is 5.71. The number of hydrogen-bond donors (Lipinski definition) is 1. The molecule has 0 aliphatic heterocycles. The van der Waals surface area contributed by atoms with Crippen molar-refractivity contribution in [3.05, 3.63) is 95.0 Å². The Labute approximate surface area is 242 Å². The summed E-state index contributed by atoms with van der Waals surface area (Å²) in [6.07, 6.45) is 4.36. The van der Waals surface area contributed by atoms with Gasteiger partial charge in [-0.1, -0.05) is 91.5 Å². The lowest BCUT2D eigenvalue weighted by Crippen LogP contribution is -2.53. The van der Waals surface area contributed by atoms with Crippen molar-refractivity contribution in [2.75, 3.05) is 10.8 Å². The maximum Gasteiger partial charge on any atom is 0.264 e. The van der Waals surface area contributed by atoms with Gasteiger partial charge in [0, 0.05) is 12.6 Å². The number of hydrogen-bond acceptors (Lipinski definition) is 4. The molecular formula is C31H36ClN3O4S. The Balaban J connectivity index is 1.71. The third kappa shape index (κ3) is 7.04. The summed E-state index contributed by atoms with van der Waals surface area (Å²) in [6, 6.07) is 21.6. The van der Waals surface area contributed by atoms with Crippen LogP contribution < -0.4 is 9.62 Å². The van der Waals surface area contributed by atoms with Gasteiger partial charge in [0.25, 0.3) is 10.0 Å². The van der Waals surface area contributed by atoms with E-state index in [0.717, 1.165) is 41.1 Å². The first kappa shape index (κ1) is 29.6. The quantitative estimate of drug-likeness (QED) is 0.314. The van der Waals surface area contributed by atoms with Crippen molar-refractivity contribution in [3.8, 4) is 0 Å². The number of carbonyl (C=O) groups is 2. The SMILES string of the molecule is CC[C@H](C(=O)NC1CCCC1)N(Cc1ccc(C)cc1)C(=O)CN(c1ccccc1Cl)S(=O)(=O)c1ccccc1. The summed E-state index contributed by atoms with van der Waals surface area (Å²) in [7, 11) is -4.15. The van der Waals surface area contributed by atoms with Crippen LogP contribution in [0.1, 0.15) is 50.2 Å². The number of halogens is 1. The lowest BCUT2D eigenvalue weighted by Gasteiger charge is -2.34. The first-order chi connectivity index (χ1) is 19.2. The predicted molar refractivity (Wildman–Crippen MR) is 159 cm³/mol. The minimum absolute atomic E-state index is 0.0406. The highest BCUT2D eigenvalue weighted by molar-refractivity contribution is 7.92. The minimum Gasteiger partial charge on any atom is -0.352 e. The number of sulfonamides is 1. The summed E-state index contributed by atoms with van der Waals surface area (Å²) >= 11 is 6.46. The van der Waals surface area contributed by atoms with Crippen molar-refractivity contribution in [1.29, 1.82) is 0 Å². The summed E-state index contributed by atoms with van der Waals surface area (Å²) in [4.78, 5) is 29.2. The molecule has 1 aliphatic carbocycles. The molecule has 40 heavy (non-hydrogen) atoms. The van der Waals surface area contributed by atoms with E-state index in [2.05, 4.69) is 5.32 Å². The molecular weight excluding hydrogens is 546 g/mol. The average molecular weight is 582 g/mol. The molecule has 1 fully saturated rings. The first-order valence-electron chi connectivity index (χ1n) is 13.7. The molecule has 9 heteroatoms. The zero-order valence-corrected chi connectivity index (χ0v) is 24.5. The van der Waals surface area contributed by atoms with Gasteiger partial charge in [-0.2, -0.15) is 0 Å². The normalized spacial score (nSPS) is 14.5. The smallest absolute Gasteiger partial charge is 0.264 e. The van der Waals surface area contributed by atoms with Crippen LogP contribution in [0.3, 0.4) is 0 Å². The number of benzene rings is 3. The van der Waals surface area contributed by atoms with E-state index in [1.54, 1.807) is 42.5 Å². The fourth-order valence-corrected chi connectivity index (χ4v) is 6.81. The van der Waals surface area contributed by atoms with Crippen LogP contribution in [0.25, 0.3) is 0 Å². The van der Waals surface area contributed by atoms with Gasteiger partial charge in [-0.3, -0.25) is 13.9 Å². The molecule has 0 saturated heterocycles. The van der Waals surface area contributed by atoms with Crippen molar-refractivity contribution < 1.29 is 18.0 Å². The van der Waals surface area contributed by atoms with Crippen molar-refractivity contribution >= 4 is 39.1 Å². The van der Waals surface area contributed by atoms with Crippen LogP contribution in [-0.4, -0.2) is 43.8 Å². The zero-order valence-electron chi connectivity index (χ0n) is 22.9. The highest BCUT2D eigenvalue weighted by atomic mass is 35.5. The number of para-hydroxylation sites is 1. The van der Waals surface area contributed by atoms with E-state index in [0.29, 0.717) is 6.42 Å². The minimum atomic E-state index is -4.15. The highest BCUT2D eigenvalue weighted by Gasteiger charge is 2.35. The molecule has 2 amide bonds. The number of amides is 2. The third-order valence-electron chi connectivity index (χ3n) is 7.29. The van der Waals surface area contributed by atoms with Gasteiger partial charge in [-0.05, 0) is 56.0 Å². The molecule has 0 radical (unpaired) electrons. The summed E-state index contributed by atoms with van der Waals surface area (Å²) in [6.45, 7) is 3.49. The Kier molecular flexibility index (Phi) is 9.87. The lowest BCUT2D eigenvalue weighted by atomic mass is 10.1. The number of nitrogens with zero attached hydrogens (tertiary/aromatic N) is 2. The van der Waals surface area contributed by atoms with E-state index in [1.165, 1.54) is 17.0 Å². The summed E-state index contributed by atoms with van der Waals surface area (Å²) in [5.41, 5.74) is 2.12. The lowest BCUT2D eigenvalue weighted by molar-refractivity contribution is -0.140. The molecule has 1 saturated carbocycles. The molecule has 0 spiro atoms. The van der Waals surface area contributed by atoms with E-state index in [1.807, 2.05) is 38.1 Å².